The van der Waals surface area contributed by atoms with Gasteiger partial charge in [0.05, 0.1) is 19.1 Å². The van der Waals surface area contributed by atoms with Crippen molar-refractivity contribution in [1.82, 2.24) is 9.55 Å². The summed E-state index contributed by atoms with van der Waals surface area (Å²) in [6.07, 6.45) is 2.72. The second-order valence-corrected chi connectivity index (χ2v) is 7.24. The Morgan fingerprint density at radius 1 is 1.40 bits per heavy atom. The van der Waals surface area contributed by atoms with Crippen molar-refractivity contribution in [2.75, 3.05) is 13.7 Å². The number of fused-ring (bicyclic) bond motifs is 3. The Kier molecular flexibility index (Phi) is 4.89. The van der Waals surface area contributed by atoms with E-state index >= 15 is 0 Å². The summed E-state index contributed by atoms with van der Waals surface area (Å²) in [5.74, 6) is -0.935. The van der Waals surface area contributed by atoms with Crippen LogP contribution < -0.4 is 5.56 Å². The van der Waals surface area contributed by atoms with Crippen molar-refractivity contribution in [2.45, 2.75) is 39.7 Å². The molecule has 0 saturated carbocycles. The van der Waals surface area contributed by atoms with Gasteiger partial charge in [0.2, 0.25) is 5.82 Å². The predicted molar refractivity (Wildman–Crippen MR) is 93.0 cm³/mol. The molecule has 1 unspecified atom stereocenters. The number of hydrogen-bond donors (Lipinski definition) is 0. The molecule has 3 rings (SSSR count). The summed E-state index contributed by atoms with van der Waals surface area (Å²) in [5, 5.41) is 0.517. The van der Waals surface area contributed by atoms with Crippen molar-refractivity contribution in [3.8, 4) is 0 Å². The Hall–Kier alpha value is -2.22. The second kappa shape index (κ2) is 6.95. The number of aromatic nitrogens is 2. The summed E-state index contributed by atoms with van der Waals surface area (Å²) >= 11 is 1.45. The number of thiophene rings is 1. The van der Waals surface area contributed by atoms with Crippen molar-refractivity contribution in [2.24, 2.45) is 5.92 Å². The first-order chi connectivity index (χ1) is 12.0. The standard InChI is InChI=1S/C17H20N2O5S/c1-4-24-17(22)14-18-15-13(16(21)19(14)8-12(20)23-3)10-6-5-9(2)7-11(10)25-15/h9H,4-8H2,1-3H3. The summed E-state index contributed by atoms with van der Waals surface area (Å²) in [6, 6.07) is 0. The van der Waals surface area contributed by atoms with Gasteiger partial charge in [0, 0.05) is 4.88 Å². The maximum absolute atomic E-state index is 13.0. The largest absolute Gasteiger partial charge is 0.468 e. The van der Waals surface area contributed by atoms with Crippen LogP contribution >= 0.6 is 11.3 Å². The van der Waals surface area contributed by atoms with Crippen LogP contribution in [0.3, 0.4) is 0 Å². The van der Waals surface area contributed by atoms with E-state index in [2.05, 4.69) is 16.6 Å². The van der Waals surface area contributed by atoms with Crippen molar-refractivity contribution < 1.29 is 19.1 Å². The molecule has 0 N–H and O–H groups in total. The fraction of sp³-hybridized carbons (Fsp3) is 0.529. The molecule has 1 aliphatic rings. The van der Waals surface area contributed by atoms with Crippen LogP contribution in [0.2, 0.25) is 0 Å². The quantitative estimate of drug-likeness (QED) is 0.771. The van der Waals surface area contributed by atoms with Crippen molar-refractivity contribution in [1.29, 1.82) is 0 Å². The van der Waals surface area contributed by atoms with E-state index in [1.54, 1.807) is 6.92 Å². The Labute approximate surface area is 148 Å². The molecular weight excluding hydrogens is 344 g/mol. The van der Waals surface area contributed by atoms with Crippen LogP contribution in [-0.4, -0.2) is 35.2 Å². The SMILES string of the molecule is CCOC(=O)c1nc2sc3c(c2c(=O)n1CC(=O)OC)CCC(C)C3. The molecule has 25 heavy (non-hydrogen) atoms. The van der Waals surface area contributed by atoms with Crippen LogP contribution in [0.1, 0.15) is 41.3 Å². The number of aryl methyl sites for hydroxylation is 1. The number of carbonyl (C=O) groups excluding carboxylic acids is 2. The number of methoxy groups -OCH3 is 1. The van der Waals surface area contributed by atoms with Crippen LogP contribution in [0, 0.1) is 5.92 Å². The Morgan fingerprint density at radius 3 is 2.84 bits per heavy atom. The fourth-order valence-corrected chi connectivity index (χ4v) is 4.49. The van der Waals surface area contributed by atoms with E-state index in [4.69, 9.17) is 4.74 Å². The van der Waals surface area contributed by atoms with E-state index in [1.165, 1.54) is 18.4 Å². The van der Waals surface area contributed by atoms with E-state index < -0.39 is 11.9 Å². The summed E-state index contributed by atoms with van der Waals surface area (Å²) in [4.78, 5) is 43.0. The van der Waals surface area contributed by atoms with Gasteiger partial charge in [0.25, 0.3) is 5.56 Å². The lowest BCUT2D eigenvalue weighted by atomic mass is 9.89. The Morgan fingerprint density at radius 2 is 2.16 bits per heavy atom. The minimum atomic E-state index is -0.717. The number of nitrogens with zero attached hydrogens (tertiary/aromatic N) is 2. The molecule has 2 aromatic rings. The average molecular weight is 364 g/mol. The van der Waals surface area contributed by atoms with Crippen molar-refractivity contribution in [3.63, 3.8) is 0 Å². The van der Waals surface area contributed by atoms with Gasteiger partial charge in [0.15, 0.2) is 0 Å². The molecule has 1 aliphatic carbocycles. The smallest absolute Gasteiger partial charge is 0.374 e. The highest BCUT2D eigenvalue weighted by molar-refractivity contribution is 7.18. The molecule has 0 radical (unpaired) electrons. The first kappa shape index (κ1) is 17.6. The molecule has 0 aromatic carbocycles. The number of hydrogen-bond acceptors (Lipinski definition) is 7. The Bertz CT molecular complexity index is 899. The van der Waals surface area contributed by atoms with Crippen molar-refractivity contribution >= 4 is 33.5 Å². The van der Waals surface area contributed by atoms with Crippen LogP contribution in [-0.2, 0) is 33.7 Å². The molecule has 0 spiro atoms. The molecule has 2 aromatic heterocycles. The van der Waals surface area contributed by atoms with Crippen LogP contribution in [0.15, 0.2) is 4.79 Å². The van der Waals surface area contributed by atoms with Crippen LogP contribution in [0.4, 0.5) is 0 Å². The third kappa shape index (κ3) is 3.18. The van der Waals surface area contributed by atoms with E-state index in [9.17, 15) is 14.4 Å². The van der Waals surface area contributed by atoms with Gasteiger partial charge in [-0.1, -0.05) is 6.92 Å². The first-order valence-corrected chi connectivity index (χ1v) is 9.06. The Balaban J connectivity index is 2.23. The molecule has 8 heteroatoms. The molecular formula is C17H20N2O5S. The highest BCUT2D eigenvalue weighted by atomic mass is 32.1. The van der Waals surface area contributed by atoms with E-state index in [0.717, 1.165) is 34.3 Å². The average Bonchev–Trinajstić information content (AvgIpc) is 2.94. The monoisotopic (exact) mass is 364 g/mol. The molecule has 1 atom stereocenters. The van der Waals surface area contributed by atoms with Gasteiger partial charge >= 0.3 is 11.9 Å². The number of rotatable bonds is 4. The lowest BCUT2D eigenvalue weighted by molar-refractivity contribution is -0.141. The summed E-state index contributed by atoms with van der Waals surface area (Å²) < 4.78 is 10.7. The molecule has 0 amide bonds. The van der Waals surface area contributed by atoms with Crippen molar-refractivity contribution in [3.05, 3.63) is 26.6 Å². The van der Waals surface area contributed by atoms with Gasteiger partial charge in [0.1, 0.15) is 11.4 Å². The molecule has 0 fully saturated rings. The molecule has 2 heterocycles. The molecule has 0 saturated heterocycles. The third-order valence-electron chi connectivity index (χ3n) is 4.39. The zero-order valence-corrected chi connectivity index (χ0v) is 15.3. The minimum absolute atomic E-state index is 0.156. The highest BCUT2D eigenvalue weighted by Gasteiger charge is 2.27. The maximum Gasteiger partial charge on any atom is 0.374 e. The van der Waals surface area contributed by atoms with Gasteiger partial charge < -0.3 is 9.47 Å². The number of carbonyl (C=O) groups is 2. The third-order valence-corrected chi connectivity index (χ3v) is 5.54. The zero-order chi connectivity index (χ0) is 18.1. The van der Waals surface area contributed by atoms with E-state index in [-0.39, 0.29) is 24.5 Å². The predicted octanol–water partition coefficient (Wildman–Crippen LogP) is 1.93. The number of ether oxygens (including phenoxy) is 2. The lowest BCUT2D eigenvalue weighted by Crippen LogP contribution is -2.32. The molecule has 0 bridgehead atoms. The first-order valence-electron chi connectivity index (χ1n) is 8.25. The zero-order valence-electron chi connectivity index (χ0n) is 14.5. The highest BCUT2D eigenvalue weighted by Crippen LogP contribution is 2.35. The fourth-order valence-electron chi connectivity index (χ4n) is 3.12. The van der Waals surface area contributed by atoms with Gasteiger partial charge in [-0.3, -0.25) is 14.2 Å². The summed E-state index contributed by atoms with van der Waals surface area (Å²) in [5.41, 5.74) is 0.620. The van der Waals surface area contributed by atoms with Gasteiger partial charge in [-0.15, -0.1) is 11.3 Å². The second-order valence-electron chi connectivity index (χ2n) is 6.16. The molecule has 0 aliphatic heterocycles. The maximum atomic E-state index is 13.0. The molecule has 7 nitrogen and oxygen atoms in total. The van der Waals surface area contributed by atoms with Gasteiger partial charge in [-0.25, -0.2) is 9.78 Å². The molecule has 134 valence electrons. The lowest BCUT2D eigenvalue weighted by Gasteiger charge is -2.17. The summed E-state index contributed by atoms with van der Waals surface area (Å²) in [6.45, 7) is 3.64. The summed E-state index contributed by atoms with van der Waals surface area (Å²) in [7, 11) is 1.23. The topological polar surface area (TPSA) is 87.5 Å². The van der Waals surface area contributed by atoms with Gasteiger partial charge in [-0.2, -0.15) is 0 Å². The van der Waals surface area contributed by atoms with Crippen LogP contribution in [0.25, 0.3) is 10.2 Å². The van der Waals surface area contributed by atoms with Crippen LogP contribution in [0.5, 0.6) is 0 Å². The normalized spacial score (nSPS) is 16.5. The van der Waals surface area contributed by atoms with E-state index in [0.29, 0.717) is 16.1 Å². The number of esters is 2. The van der Waals surface area contributed by atoms with Gasteiger partial charge in [-0.05, 0) is 37.7 Å². The van der Waals surface area contributed by atoms with E-state index in [1.807, 2.05) is 0 Å². The minimum Gasteiger partial charge on any atom is -0.468 e.